The van der Waals surface area contributed by atoms with Crippen molar-refractivity contribution in [1.82, 2.24) is 4.31 Å². The highest BCUT2D eigenvalue weighted by atomic mass is 32.2. The van der Waals surface area contributed by atoms with E-state index in [1.165, 1.54) is 0 Å². The average molecular weight is 148 g/mol. The molecule has 1 aliphatic heterocycles. The Bertz CT molecular complexity index is 126. The number of aliphatic imine (C=N–C) groups is 1. The summed E-state index contributed by atoms with van der Waals surface area (Å²) >= 11 is 0.256. The first-order valence-corrected chi connectivity index (χ1v) is 3.59. The van der Waals surface area contributed by atoms with E-state index in [4.69, 9.17) is 0 Å². The van der Waals surface area contributed by atoms with Crippen molar-refractivity contribution in [3.8, 4) is 0 Å². The van der Waals surface area contributed by atoms with Crippen LogP contribution in [0, 0.1) is 0 Å². The van der Waals surface area contributed by atoms with Gasteiger partial charge >= 0.3 is 0 Å². The van der Waals surface area contributed by atoms with Gasteiger partial charge in [-0.05, 0) is 13.3 Å². The van der Waals surface area contributed by atoms with Crippen LogP contribution in [-0.4, -0.2) is 23.2 Å². The SMILES string of the molecule is CC1=NCCCN1SF. The first-order chi connectivity index (χ1) is 4.34. The lowest BCUT2D eigenvalue weighted by atomic mass is 10.4. The van der Waals surface area contributed by atoms with Crippen molar-refractivity contribution >= 4 is 18.2 Å². The molecule has 0 saturated carbocycles. The van der Waals surface area contributed by atoms with Crippen molar-refractivity contribution in [3.05, 3.63) is 0 Å². The second-order valence-corrected chi connectivity index (χ2v) is 2.53. The summed E-state index contributed by atoms with van der Waals surface area (Å²) in [5, 5.41) is 0. The van der Waals surface area contributed by atoms with Crippen molar-refractivity contribution < 1.29 is 3.89 Å². The van der Waals surface area contributed by atoms with E-state index in [-0.39, 0.29) is 12.3 Å². The first-order valence-electron chi connectivity index (χ1n) is 2.92. The van der Waals surface area contributed by atoms with E-state index in [2.05, 4.69) is 4.99 Å². The first kappa shape index (κ1) is 6.86. The van der Waals surface area contributed by atoms with Crippen LogP contribution in [0.2, 0.25) is 0 Å². The Kier molecular flexibility index (Phi) is 2.33. The lowest BCUT2D eigenvalue weighted by molar-refractivity contribution is 0.577. The van der Waals surface area contributed by atoms with E-state index in [0.29, 0.717) is 0 Å². The van der Waals surface area contributed by atoms with Gasteiger partial charge in [-0.1, -0.05) is 0 Å². The number of nitrogens with zero attached hydrogens (tertiary/aromatic N) is 2. The molecule has 0 N–H and O–H groups in total. The summed E-state index contributed by atoms with van der Waals surface area (Å²) in [5.41, 5.74) is 0. The lowest BCUT2D eigenvalue weighted by Gasteiger charge is -2.21. The summed E-state index contributed by atoms with van der Waals surface area (Å²) in [6, 6.07) is 0. The van der Waals surface area contributed by atoms with Crippen molar-refractivity contribution in [2.24, 2.45) is 4.99 Å². The molecular weight excluding hydrogens is 139 g/mol. The van der Waals surface area contributed by atoms with E-state index in [1.54, 1.807) is 4.31 Å². The van der Waals surface area contributed by atoms with Crippen molar-refractivity contribution in [2.45, 2.75) is 13.3 Å². The zero-order valence-electron chi connectivity index (χ0n) is 5.30. The Morgan fingerprint density at radius 1 is 1.78 bits per heavy atom. The fourth-order valence-electron chi connectivity index (χ4n) is 0.780. The maximum absolute atomic E-state index is 11.9. The molecular formula is C5H9FN2S. The molecule has 1 aliphatic rings. The smallest absolute Gasteiger partial charge is 0.166 e. The molecule has 0 aromatic carbocycles. The Morgan fingerprint density at radius 3 is 3.00 bits per heavy atom. The second-order valence-electron chi connectivity index (χ2n) is 1.95. The van der Waals surface area contributed by atoms with Gasteiger partial charge in [0.05, 0.1) is 0 Å². The number of hydrogen-bond donors (Lipinski definition) is 0. The van der Waals surface area contributed by atoms with E-state index in [0.717, 1.165) is 25.3 Å². The van der Waals surface area contributed by atoms with Crippen LogP contribution in [0.15, 0.2) is 4.99 Å². The topological polar surface area (TPSA) is 15.6 Å². The third kappa shape index (κ3) is 1.58. The van der Waals surface area contributed by atoms with Crippen molar-refractivity contribution in [1.29, 1.82) is 0 Å². The van der Waals surface area contributed by atoms with E-state index < -0.39 is 0 Å². The largest absolute Gasteiger partial charge is 0.277 e. The van der Waals surface area contributed by atoms with Crippen LogP contribution in [0.4, 0.5) is 3.89 Å². The predicted molar refractivity (Wildman–Crippen MR) is 38.0 cm³/mol. The van der Waals surface area contributed by atoms with E-state index >= 15 is 0 Å². The molecule has 0 amide bonds. The fraction of sp³-hybridized carbons (Fsp3) is 0.800. The molecule has 0 bridgehead atoms. The van der Waals surface area contributed by atoms with E-state index in [1.807, 2.05) is 6.92 Å². The molecule has 9 heavy (non-hydrogen) atoms. The van der Waals surface area contributed by atoms with Gasteiger partial charge in [0.25, 0.3) is 0 Å². The summed E-state index contributed by atoms with van der Waals surface area (Å²) < 4.78 is 13.4. The van der Waals surface area contributed by atoms with Gasteiger partial charge in [0.2, 0.25) is 0 Å². The minimum absolute atomic E-state index is 0.256. The summed E-state index contributed by atoms with van der Waals surface area (Å²) in [6.07, 6.45) is 0.967. The third-order valence-corrected chi connectivity index (χ3v) is 1.92. The Morgan fingerprint density at radius 2 is 2.56 bits per heavy atom. The van der Waals surface area contributed by atoms with Crippen LogP contribution >= 0.6 is 12.3 Å². The molecule has 0 fully saturated rings. The Labute approximate surface area is 58.6 Å². The van der Waals surface area contributed by atoms with Crippen molar-refractivity contribution in [2.75, 3.05) is 13.1 Å². The summed E-state index contributed by atoms with van der Waals surface area (Å²) in [6.45, 7) is 3.46. The molecule has 52 valence electrons. The zero-order chi connectivity index (χ0) is 6.69. The molecule has 2 nitrogen and oxygen atoms in total. The van der Waals surface area contributed by atoms with Gasteiger partial charge < -0.3 is 0 Å². The van der Waals surface area contributed by atoms with Crippen molar-refractivity contribution in [3.63, 3.8) is 0 Å². The number of amidine groups is 1. The molecule has 1 heterocycles. The Balaban J connectivity index is 2.50. The van der Waals surface area contributed by atoms with Gasteiger partial charge in [0.15, 0.2) is 12.3 Å². The number of halogens is 1. The quantitative estimate of drug-likeness (QED) is 0.525. The monoisotopic (exact) mass is 148 g/mol. The summed E-state index contributed by atoms with van der Waals surface area (Å²) in [7, 11) is 0. The average Bonchev–Trinajstić information content (AvgIpc) is 1.89. The highest BCUT2D eigenvalue weighted by Crippen LogP contribution is 2.14. The fourth-order valence-corrected chi connectivity index (χ4v) is 1.14. The molecule has 0 spiro atoms. The predicted octanol–water partition coefficient (Wildman–Crippen LogP) is 1.64. The Hall–Kier alpha value is -0.250. The molecule has 0 aliphatic carbocycles. The number of rotatable bonds is 1. The van der Waals surface area contributed by atoms with Crippen LogP contribution in [0.3, 0.4) is 0 Å². The number of hydrogen-bond acceptors (Lipinski definition) is 3. The van der Waals surface area contributed by atoms with Crippen LogP contribution in [0.25, 0.3) is 0 Å². The molecule has 0 aromatic rings. The minimum atomic E-state index is 0.256. The van der Waals surface area contributed by atoms with E-state index in [9.17, 15) is 3.89 Å². The van der Waals surface area contributed by atoms with Gasteiger partial charge in [-0.15, -0.1) is 3.89 Å². The van der Waals surface area contributed by atoms with Crippen LogP contribution in [0.1, 0.15) is 13.3 Å². The summed E-state index contributed by atoms with van der Waals surface area (Å²) in [5.74, 6) is 0.800. The van der Waals surface area contributed by atoms with Crippen LogP contribution in [0.5, 0.6) is 0 Å². The summed E-state index contributed by atoms with van der Waals surface area (Å²) in [4.78, 5) is 4.06. The normalized spacial score (nSPS) is 19.8. The zero-order valence-corrected chi connectivity index (χ0v) is 6.12. The highest BCUT2D eigenvalue weighted by Gasteiger charge is 2.10. The minimum Gasteiger partial charge on any atom is -0.277 e. The van der Waals surface area contributed by atoms with Crippen LogP contribution in [-0.2, 0) is 0 Å². The molecule has 0 radical (unpaired) electrons. The maximum Gasteiger partial charge on any atom is 0.166 e. The van der Waals surface area contributed by atoms with Gasteiger partial charge in [0.1, 0.15) is 5.84 Å². The van der Waals surface area contributed by atoms with Crippen LogP contribution < -0.4 is 0 Å². The molecule has 0 saturated heterocycles. The molecule has 0 atom stereocenters. The molecule has 0 unspecified atom stereocenters. The second kappa shape index (κ2) is 3.06. The molecule has 1 rings (SSSR count). The maximum atomic E-state index is 11.9. The standard InChI is InChI=1S/C5H9FN2S/c1-5-7-3-2-4-8(5)9-6/h2-4H2,1H3. The van der Waals surface area contributed by atoms with Gasteiger partial charge in [-0.3, -0.25) is 9.30 Å². The third-order valence-electron chi connectivity index (χ3n) is 1.30. The van der Waals surface area contributed by atoms with Gasteiger partial charge in [-0.25, -0.2) is 0 Å². The lowest BCUT2D eigenvalue weighted by Crippen LogP contribution is -2.26. The molecule has 0 aromatic heterocycles. The van der Waals surface area contributed by atoms with Gasteiger partial charge in [-0.2, -0.15) is 0 Å². The highest BCUT2D eigenvalue weighted by molar-refractivity contribution is 7.92. The van der Waals surface area contributed by atoms with Gasteiger partial charge in [0, 0.05) is 13.1 Å². The molecule has 4 heteroatoms.